The van der Waals surface area contributed by atoms with Crippen molar-refractivity contribution < 1.29 is 8.78 Å². The quantitative estimate of drug-likeness (QED) is 0.769. The van der Waals surface area contributed by atoms with Gasteiger partial charge in [-0.05, 0) is 54.8 Å². The van der Waals surface area contributed by atoms with Gasteiger partial charge < -0.3 is 5.32 Å². The number of benzene rings is 2. The van der Waals surface area contributed by atoms with Crippen LogP contribution in [0.15, 0.2) is 46.9 Å². The first kappa shape index (κ1) is 16.1. The molecule has 21 heavy (non-hydrogen) atoms. The Balaban J connectivity index is 2.28. The smallest absolute Gasteiger partial charge is 0.126 e. The molecule has 0 saturated carbocycles. The summed E-state index contributed by atoms with van der Waals surface area (Å²) in [4.78, 5) is 0. The van der Waals surface area contributed by atoms with Crippen LogP contribution in [0.4, 0.5) is 8.78 Å². The van der Waals surface area contributed by atoms with Gasteiger partial charge in [-0.3, -0.25) is 0 Å². The first-order chi connectivity index (χ1) is 10.1. The highest BCUT2D eigenvalue weighted by Gasteiger charge is 2.16. The first-order valence-electron chi connectivity index (χ1n) is 7.03. The van der Waals surface area contributed by atoms with Crippen LogP contribution in [-0.2, 0) is 6.42 Å². The molecule has 0 amide bonds. The van der Waals surface area contributed by atoms with Crippen molar-refractivity contribution in [3.8, 4) is 0 Å². The van der Waals surface area contributed by atoms with Crippen LogP contribution in [0, 0.1) is 11.6 Å². The fourth-order valence-electron chi connectivity index (χ4n) is 2.29. The minimum atomic E-state index is -0.409. The van der Waals surface area contributed by atoms with Crippen LogP contribution in [0.5, 0.6) is 0 Å². The van der Waals surface area contributed by atoms with E-state index in [1.165, 1.54) is 12.1 Å². The molecule has 0 heterocycles. The summed E-state index contributed by atoms with van der Waals surface area (Å²) >= 11 is 3.53. The highest BCUT2D eigenvalue weighted by Crippen LogP contribution is 2.27. The van der Waals surface area contributed by atoms with E-state index < -0.39 is 5.82 Å². The summed E-state index contributed by atoms with van der Waals surface area (Å²) in [6.45, 7) is 2.90. The highest BCUT2D eigenvalue weighted by molar-refractivity contribution is 9.10. The van der Waals surface area contributed by atoms with Crippen LogP contribution < -0.4 is 5.32 Å². The van der Waals surface area contributed by atoms with Crippen molar-refractivity contribution in [1.82, 2.24) is 5.32 Å². The van der Waals surface area contributed by atoms with E-state index in [-0.39, 0.29) is 11.9 Å². The second kappa shape index (κ2) is 7.66. The van der Waals surface area contributed by atoms with Gasteiger partial charge in [0.25, 0.3) is 0 Å². The number of nitrogens with one attached hydrogen (secondary N) is 1. The molecule has 0 bridgehead atoms. The first-order valence-corrected chi connectivity index (χ1v) is 7.83. The average molecular weight is 354 g/mol. The summed E-state index contributed by atoms with van der Waals surface area (Å²) < 4.78 is 28.2. The Bertz CT molecular complexity index is 601. The van der Waals surface area contributed by atoms with E-state index in [2.05, 4.69) is 28.2 Å². The molecule has 2 aromatic carbocycles. The van der Waals surface area contributed by atoms with Crippen LogP contribution >= 0.6 is 15.9 Å². The fourth-order valence-corrected chi connectivity index (χ4v) is 2.85. The van der Waals surface area contributed by atoms with Crippen molar-refractivity contribution in [2.24, 2.45) is 0 Å². The van der Waals surface area contributed by atoms with E-state index in [9.17, 15) is 8.78 Å². The summed E-state index contributed by atoms with van der Waals surface area (Å²) in [5, 5.41) is 3.40. The van der Waals surface area contributed by atoms with Gasteiger partial charge in [0, 0.05) is 10.5 Å². The van der Waals surface area contributed by atoms with Crippen molar-refractivity contribution in [2.75, 3.05) is 6.54 Å². The van der Waals surface area contributed by atoms with E-state index in [0.717, 1.165) is 29.1 Å². The van der Waals surface area contributed by atoms with Crippen LogP contribution in [0.1, 0.15) is 30.5 Å². The third-order valence-corrected chi connectivity index (χ3v) is 4.08. The SMILES string of the molecule is CCCNC(Cc1cc(F)ccc1F)c1ccccc1Br. The third-order valence-electron chi connectivity index (χ3n) is 3.35. The molecule has 0 spiro atoms. The van der Waals surface area contributed by atoms with Gasteiger partial charge in [-0.15, -0.1) is 0 Å². The molecule has 0 aliphatic heterocycles. The Morgan fingerprint density at radius 1 is 1.14 bits per heavy atom. The van der Waals surface area contributed by atoms with E-state index >= 15 is 0 Å². The Labute approximate surface area is 132 Å². The lowest BCUT2D eigenvalue weighted by molar-refractivity contribution is 0.507. The molecule has 0 aromatic heterocycles. The van der Waals surface area contributed by atoms with E-state index in [1.54, 1.807) is 0 Å². The molecule has 0 radical (unpaired) electrons. The normalized spacial score (nSPS) is 12.4. The van der Waals surface area contributed by atoms with Crippen molar-refractivity contribution in [1.29, 1.82) is 0 Å². The molecular weight excluding hydrogens is 336 g/mol. The molecule has 0 fully saturated rings. The number of rotatable bonds is 6. The standard InChI is InChI=1S/C17H18BrF2N/c1-2-9-21-17(14-5-3-4-6-15(14)18)11-12-10-13(19)7-8-16(12)20/h3-8,10,17,21H,2,9,11H2,1H3. The van der Waals surface area contributed by atoms with Gasteiger partial charge in [-0.2, -0.15) is 0 Å². The topological polar surface area (TPSA) is 12.0 Å². The Kier molecular flexibility index (Phi) is 5.88. The summed E-state index contributed by atoms with van der Waals surface area (Å²) in [7, 11) is 0. The predicted octanol–water partition coefficient (Wildman–Crippen LogP) is 5.01. The fraction of sp³-hybridized carbons (Fsp3) is 0.294. The van der Waals surface area contributed by atoms with Gasteiger partial charge in [-0.25, -0.2) is 8.78 Å². The van der Waals surface area contributed by atoms with E-state index in [4.69, 9.17) is 0 Å². The monoisotopic (exact) mass is 353 g/mol. The lowest BCUT2D eigenvalue weighted by Gasteiger charge is -2.21. The van der Waals surface area contributed by atoms with Gasteiger partial charge in [0.05, 0.1) is 0 Å². The minimum absolute atomic E-state index is 0.0585. The van der Waals surface area contributed by atoms with Gasteiger partial charge >= 0.3 is 0 Å². The van der Waals surface area contributed by atoms with Gasteiger partial charge in [-0.1, -0.05) is 41.1 Å². The molecule has 1 unspecified atom stereocenters. The maximum atomic E-state index is 13.9. The Morgan fingerprint density at radius 2 is 1.90 bits per heavy atom. The van der Waals surface area contributed by atoms with Crippen LogP contribution in [0.25, 0.3) is 0 Å². The van der Waals surface area contributed by atoms with Crippen molar-refractivity contribution in [3.63, 3.8) is 0 Å². The van der Waals surface area contributed by atoms with Crippen LogP contribution in [0.3, 0.4) is 0 Å². The van der Waals surface area contributed by atoms with E-state index in [1.807, 2.05) is 24.3 Å². The zero-order valence-corrected chi connectivity index (χ0v) is 13.5. The average Bonchev–Trinajstić information content (AvgIpc) is 2.48. The van der Waals surface area contributed by atoms with Gasteiger partial charge in [0.15, 0.2) is 0 Å². The second-order valence-corrected chi connectivity index (χ2v) is 5.82. The molecule has 1 nitrogen and oxygen atoms in total. The van der Waals surface area contributed by atoms with Crippen molar-refractivity contribution in [2.45, 2.75) is 25.8 Å². The van der Waals surface area contributed by atoms with Gasteiger partial charge in [0.1, 0.15) is 11.6 Å². The summed E-state index contributed by atoms with van der Waals surface area (Å²) in [5.41, 5.74) is 1.44. The molecule has 2 aromatic rings. The zero-order chi connectivity index (χ0) is 15.2. The molecule has 0 aliphatic rings. The summed E-state index contributed by atoms with van der Waals surface area (Å²) in [6.07, 6.45) is 1.39. The maximum Gasteiger partial charge on any atom is 0.126 e. The van der Waals surface area contributed by atoms with Crippen LogP contribution in [-0.4, -0.2) is 6.54 Å². The van der Waals surface area contributed by atoms with E-state index in [0.29, 0.717) is 12.0 Å². The molecular formula is C17H18BrF2N. The lowest BCUT2D eigenvalue weighted by atomic mass is 9.98. The number of hydrogen-bond donors (Lipinski definition) is 1. The molecule has 0 aliphatic carbocycles. The lowest BCUT2D eigenvalue weighted by Crippen LogP contribution is -2.24. The molecule has 1 N–H and O–H groups in total. The molecule has 1 atom stereocenters. The Hall–Kier alpha value is -1.26. The predicted molar refractivity (Wildman–Crippen MR) is 85.2 cm³/mol. The largest absolute Gasteiger partial charge is 0.310 e. The molecule has 112 valence electrons. The van der Waals surface area contributed by atoms with Gasteiger partial charge in [0.2, 0.25) is 0 Å². The number of hydrogen-bond acceptors (Lipinski definition) is 1. The molecule has 4 heteroatoms. The van der Waals surface area contributed by atoms with Crippen LogP contribution in [0.2, 0.25) is 0 Å². The van der Waals surface area contributed by atoms with Crippen molar-refractivity contribution >= 4 is 15.9 Å². The van der Waals surface area contributed by atoms with Crippen molar-refractivity contribution in [3.05, 3.63) is 69.7 Å². The summed E-state index contributed by atoms with van der Waals surface area (Å²) in [6, 6.07) is 11.4. The maximum absolute atomic E-state index is 13.9. The summed E-state index contributed by atoms with van der Waals surface area (Å²) in [5.74, 6) is -0.778. The highest BCUT2D eigenvalue weighted by atomic mass is 79.9. The zero-order valence-electron chi connectivity index (χ0n) is 11.9. The third kappa shape index (κ3) is 4.35. The number of halogens is 3. The minimum Gasteiger partial charge on any atom is -0.310 e. The second-order valence-electron chi connectivity index (χ2n) is 4.97. The molecule has 2 rings (SSSR count). The Morgan fingerprint density at radius 3 is 2.62 bits per heavy atom. The molecule has 0 saturated heterocycles.